The Morgan fingerprint density at radius 1 is 1.08 bits per heavy atom. The number of hydrogen-bond acceptors (Lipinski definition) is 5. The summed E-state index contributed by atoms with van der Waals surface area (Å²) in [5.41, 5.74) is 1.75. The molecule has 25 heavy (non-hydrogen) atoms. The number of ether oxygens (including phenoxy) is 1. The second kappa shape index (κ2) is 7.38. The third-order valence-electron chi connectivity index (χ3n) is 4.03. The molecule has 0 unspecified atom stereocenters. The molecule has 1 aliphatic heterocycles. The van der Waals surface area contributed by atoms with Gasteiger partial charge in [-0.25, -0.2) is 9.78 Å². The molecule has 7 heteroatoms. The highest BCUT2D eigenvalue weighted by Gasteiger charge is 2.23. The van der Waals surface area contributed by atoms with Crippen LogP contribution in [-0.2, 0) is 0 Å². The molecule has 3 rings (SSSR count). The molecule has 0 bridgehead atoms. The summed E-state index contributed by atoms with van der Waals surface area (Å²) in [6, 6.07) is 7.80. The first-order chi connectivity index (χ1) is 12.0. The monoisotopic (exact) mass is 342 g/mol. The molecular formula is C18H22N4O3. The Balaban J connectivity index is 1.81. The van der Waals surface area contributed by atoms with Crippen LogP contribution >= 0.6 is 0 Å². The zero-order valence-corrected chi connectivity index (χ0v) is 14.4. The van der Waals surface area contributed by atoms with Crippen molar-refractivity contribution in [3.63, 3.8) is 0 Å². The number of carboxylic acid groups (broad SMARTS) is 1. The van der Waals surface area contributed by atoms with Crippen LogP contribution in [0.5, 0.6) is 5.75 Å². The van der Waals surface area contributed by atoms with Crippen molar-refractivity contribution in [1.29, 1.82) is 0 Å². The van der Waals surface area contributed by atoms with E-state index in [1.807, 2.05) is 38.1 Å². The lowest BCUT2D eigenvalue weighted by molar-refractivity contribution is 0.142. The summed E-state index contributed by atoms with van der Waals surface area (Å²) >= 11 is 0. The van der Waals surface area contributed by atoms with E-state index in [4.69, 9.17) is 9.84 Å². The number of nitrogens with zero attached hydrogens (tertiary/aromatic N) is 4. The van der Waals surface area contributed by atoms with E-state index in [-0.39, 0.29) is 6.10 Å². The van der Waals surface area contributed by atoms with Gasteiger partial charge in [0.15, 0.2) is 5.82 Å². The first-order valence-electron chi connectivity index (χ1n) is 8.35. The summed E-state index contributed by atoms with van der Waals surface area (Å²) in [6.45, 7) is 6.12. The lowest BCUT2D eigenvalue weighted by atomic mass is 10.1. The average Bonchev–Trinajstić information content (AvgIpc) is 2.62. The number of carbonyl (C=O) groups is 1. The molecule has 1 amide bonds. The molecule has 0 saturated carbocycles. The second-order valence-electron chi connectivity index (χ2n) is 6.18. The van der Waals surface area contributed by atoms with E-state index in [0.717, 1.165) is 22.8 Å². The third-order valence-corrected chi connectivity index (χ3v) is 4.03. The van der Waals surface area contributed by atoms with Gasteiger partial charge in [-0.3, -0.25) is 4.98 Å². The molecule has 1 fully saturated rings. The Morgan fingerprint density at radius 2 is 1.72 bits per heavy atom. The maximum atomic E-state index is 11.1. The van der Waals surface area contributed by atoms with Gasteiger partial charge in [-0.1, -0.05) is 0 Å². The van der Waals surface area contributed by atoms with Crippen LogP contribution in [0.15, 0.2) is 36.7 Å². The lowest BCUT2D eigenvalue weighted by Gasteiger charge is -2.34. The molecule has 2 heterocycles. The number of anilines is 1. The molecule has 7 nitrogen and oxygen atoms in total. The minimum Gasteiger partial charge on any atom is -0.491 e. The number of hydrogen-bond donors (Lipinski definition) is 1. The van der Waals surface area contributed by atoms with Gasteiger partial charge in [0.1, 0.15) is 11.4 Å². The van der Waals surface area contributed by atoms with E-state index in [2.05, 4.69) is 14.9 Å². The van der Waals surface area contributed by atoms with E-state index in [1.165, 1.54) is 4.90 Å². The largest absolute Gasteiger partial charge is 0.491 e. The van der Waals surface area contributed by atoms with Gasteiger partial charge in [0, 0.05) is 44.1 Å². The molecule has 2 aromatic rings. The predicted octanol–water partition coefficient (Wildman–Crippen LogP) is 2.73. The molecule has 0 radical (unpaired) electrons. The zero-order chi connectivity index (χ0) is 17.8. The molecule has 132 valence electrons. The Kier molecular flexibility index (Phi) is 5.02. The normalized spacial score (nSPS) is 14.7. The van der Waals surface area contributed by atoms with Crippen molar-refractivity contribution in [3.8, 4) is 17.0 Å². The molecule has 1 N–H and O–H groups in total. The van der Waals surface area contributed by atoms with Crippen LogP contribution in [0, 0.1) is 0 Å². The first kappa shape index (κ1) is 17.0. The standard InChI is InChI=1S/C18H22N4O3/c1-13(2)25-15-5-3-14(4-6-15)16-17(20-8-7-19-16)21-9-11-22(12-10-21)18(23)24/h3-8,13H,9-12H2,1-2H3,(H,23,24). The number of rotatable bonds is 4. The van der Waals surface area contributed by atoms with Crippen molar-refractivity contribution < 1.29 is 14.6 Å². The molecule has 0 atom stereocenters. The van der Waals surface area contributed by atoms with Crippen molar-refractivity contribution in [2.24, 2.45) is 0 Å². The van der Waals surface area contributed by atoms with Crippen LogP contribution in [0.1, 0.15) is 13.8 Å². The van der Waals surface area contributed by atoms with Crippen LogP contribution in [0.2, 0.25) is 0 Å². The fraction of sp³-hybridized carbons (Fsp3) is 0.389. The molecule has 1 aromatic heterocycles. The van der Waals surface area contributed by atoms with Gasteiger partial charge in [0.05, 0.1) is 6.10 Å². The summed E-state index contributed by atoms with van der Waals surface area (Å²) in [5.74, 6) is 1.60. The van der Waals surface area contributed by atoms with Gasteiger partial charge in [0.2, 0.25) is 0 Å². The maximum Gasteiger partial charge on any atom is 0.407 e. The van der Waals surface area contributed by atoms with Crippen molar-refractivity contribution in [3.05, 3.63) is 36.7 Å². The van der Waals surface area contributed by atoms with Crippen molar-refractivity contribution in [2.75, 3.05) is 31.1 Å². The van der Waals surface area contributed by atoms with E-state index in [9.17, 15) is 4.79 Å². The van der Waals surface area contributed by atoms with Crippen LogP contribution in [0.4, 0.5) is 10.6 Å². The van der Waals surface area contributed by atoms with Crippen LogP contribution in [0.3, 0.4) is 0 Å². The van der Waals surface area contributed by atoms with Gasteiger partial charge in [-0.05, 0) is 38.1 Å². The van der Waals surface area contributed by atoms with E-state index >= 15 is 0 Å². The fourth-order valence-corrected chi connectivity index (χ4v) is 2.84. The van der Waals surface area contributed by atoms with Crippen LogP contribution < -0.4 is 9.64 Å². The summed E-state index contributed by atoms with van der Waals surface area (Å²) in [7, 11) is 0. The van der Waals surface area contributed by atoms with Crippen LogP contribution in [0.25, 0.3) is 11.3 Å². The third kappa shape index (κ3) is 3.99. The minimum absolute atomic E-state index is 0.128. The first-order valence-corrected chi connectivity index (χ1v) is 8.35. The zero-order valence-electron chi connectivity index (χ0n) is 14.4. The molecule has 1 aliphatic rings. The van der Waals surface area contributed by atoms with E-state index in [0.29, 0.717) is 26.2 Å². The smallest absolute Gasteiger partial charge is 0.407 e. The predicted molar refractivity (Wildman–Crippen MR) is 95.0 cm³/mol. The number of amides is 1. The van der Waals surface area contributed by atoms with Gasteiger partial charge >= 0.3 is 6.09 Å². The summed E-state index contributed by atoms with van der Waals surface area (Å²) in [5, 5.41) is 9.08. The topological polar surface area (TPSA) is 78.8 Å². The van der Waals surface area contributed by atoms with Gasteiger partial charge in [-0.2, -0.15) is 0 Å². The fourth-order valence-electron chi connectivity index (χ4n) is 2.84. The Labute approximate surface area is 146 Å². The van der Waals surface area contributed by atoms with Crippen molar-refractivity contribution >= 4 is 11.9 Å². The molecule has 1 aromatic carbocycles. The van der Waals surface area contributed by atoms with Gasteiger partial charge < -0.3 is 19.6 Å². The highest BCUT2D eigenvalue weighted by Crippen LogP contribution is 2.29. The van der Waals surface area contributed by atoms with E-state index < -0.39 is 6.09 Å². The van der Waals surface area contributed by atoms with Crippen LogP contribution in [-0.4, -0.2) is 58.4 Å². The SMILES string of the molecule is CC(C)Oc1ccc(-c2nccnc2N2CCN(C(=O)O)CC2)cc1. The summed E-state index contributed by atoms with van der Waals surface area (Å²) < 4.78 is 5.68. The second-order valence-corrected chi connectivity index (χ2v) is 6.18. The van der Waals surface area contributed by atoms with Crippen molar-refractivity contribution in [2.45, 2.75) is 20.0 Å². The highest BCUT2D eigenvalue weighted by atomic mass is 16.5. The minimum atomic E-state index is -0.875. The Bertz CT molecular complexity index is 725. The quantitative estimate of drug-likeness (QED) is 0.920. The van der Waals surface area contributed by atoms with E-state index in [1.54, 1.807) is 12.4 Å². The number of benzene rings is 1. The Morgan fingerprint density at radius 3 is 2.32 bits per heavy atom. The average molecular weight is 342 g/mol. The maximum absolute atomic E-state index is 11.1. The number of piperazine rings is 1. The Hall–Kier alpha value is -2.83. The molecular weight excluding hydrogens is 320 g/mol. The molecule has 1 saturated heterocycles. The molecule has 0 spiro atoms. The summed E-state index contributed by atoms with van der Waals surface area (Å²) in [6.07, 6.45) is 2.59. The summed E-state index contributed by atoms with van der Waals surface area (Å²) in [4.78, 5) is 23.5. The van der Waals surface area contributed by atoms with Gasteiger partial charge in [-0.15, -0.1) is 0 Å². The number of aromatic nitrogens is 2. The highest BCUT2D eigenvalue weighted by molar-refractivity contribution is 5.73. The lowest BCUT2D eigenvalue weighted by Crippen LogP contribution is -2.48. The van der Waals surface area contributed by atoms with Gasteiger partial charge in [0.25, 0.3) is 0 Å². The van der Waals surface area contributed by atoms with Crippen molar-refractivity contribution in [1.82, 2.24) is 14.9 Å². The molecule has 0 aliphatic carbocycles.